The Hall–Kier alpha value is -3.52. The van der Waals surface area contributed by atoms with Crippen molar-refractivity contribution in [1.29, 1.82) is 0 Å². The fourth-order valence-corrected chi connectivity index (χ4v) is 4.35. The second kappa shape index (κ2) is 8.92. The van der Waals surface area contributed by atoms with Crippen molar-refractivity contribution >= 4 is 17.5 Å². The monoisotopic (exact) mass is 431 g/mol. The highest BCUT2D eigenvalue weighted by molar-refractivity contribution is 5.95. The minimum atomic E-state index is -0.113. The zero-order valence-corrected chi connectivity index (χ0v) is 17.7. The number of piperidine rings is 1. The highest BCUT2D eigenvalue weighted by atomic mass is 16.5. The Morgan fingerprint density at radius 2 is 1.78 bits per heavy atom. The van der Waals surface area contributed by atoms with Gasteiger partial charge in [-0.3, -0.25) is 14.6 Å². The normalized spacial score (nSPS) is 18.8. The van der Waals surface area contributed by atoms with Crippen molar-refractivity contribution in [1.82, 2.24) is 19.4 Å². The van der Waals surface area contributed by atoms with E-state index in [1.165, 1.54) is 0 Å². The number of fused-ring (bicyclic) bond motifs is 1. The Morgan fingerprint density at radius 3 is 2.53 bits per heavy atom. The van der Waals surface area contributed by atoms with Crippen LogP contribution in [0.3, 0.4) is 0 Å². The van der Waals surface area contributed by atoms with Gasteiger partial charge in [0, 0.05) is 37.1 Å². The van der Waals surface area contributed by atoms with Gasteiger partial charge in [-0.2, -0.15) is 0 Å². The molecule has 0 saturated carbocycles. The fraction of sp³-hybridized carbons (Fsp3) is 0.333. The van der Waals surface area contributed by atoms with Gasteiger partial charge < -0.3 is 19.5 Å². The van der Waals surface area contributed by atoms with E-state index in [0.29, 0.717) is 44.8 Å². The third kappa shape index (κ3) is 4.13. The lowest BCUT2D eigenvalue weighted by atomic mass is 9.95. The number of nitrogens with zero attached hydrogens (tertiary/aromatic N) is 4. The Labute approximate surface area is 186 Å². The summed E-state index contributed by atoms with van der Waals surface area (Å²) in [7, 11) is 0. The van der Waals surface area contributed by atoms with Crippen LogP contribution in [-0.4, -0.2) is 44.3 Å². The van der Waals surface area contributed by atoms with Gasteiger partial charge in [0.1, 0.15) is 6.10 Å². The number of nitrogens with one attached hydrogen (secondary N) is 1. The summed E-state index contributed by atoms with van der Waals surface area (Å²) in [4.78, 5) is 35.9. The molecule has 4 heterocycles. The fourth-order valence-electron chi connectivity index (χ4n) is 4.35. The van der Waals surface area contributed by atoms with Gasteiger partial charge in [0.2, 0.25) is 5.91 Å². The number of hydrogen-bond donors (Lipinski definition) is 1. The first-order valence-corrected chi connectivity index (χ1v) is 10.9. The molecule has 3 aromatic rings. The van der Waals surface area contributed by atoms with Crippen molar-refractivity contribution in [2.45, 2.75) is 32.1 Å². The molecule has 8 heteroatoms. The number of imidazole rings is 1. The lowest BCUT2D eigenvalue weighted by Crippen LogP contribution is -2.42. The molecule has 0 radical (unpaired) electrons. The maximum absolute atomic E-state index is 13.1. The second-order valence-corrected chi connectivity index (χ2v) is 8.19. The smallest absolute Gasteiger partial charge is 0.274 e. The molecular formula is C24H25N5O3. The van der Waals surface area contributed by atoms with Crippen LogP contribution in [0.5, 0.6) is 0 Å². The van der Waals surface area contributed by atoms with E-state index in [9.17, 15) is 9.59 Å². The summed E-state index contributed by atoms with van der Waals surface area (Å²) in [5.41, 5.74) is 3.13. The Kier molecular flexibility index (Phi) is 5.68. The Bertz CT molecular complexity index is 1090. The number of aromatic nitrogens is 3. The minimum absolute atomic E-state index is 0.0111. The molecule has 1 atom stereocenters. The first kappa shape index (κ1) is 20.4. The molecule has 2 amide bonds. The molecule has 2 aromatic heterocycles. The van der Waals surface area contributed by atoms with Crippen molar-refractivity contribution < 1.29 is 14.3 Å². The number of benzene rings is 1. The van der Waals surface area contributed by atoms with E-state index < -0.39 is 0 Å². The summed E-state index contributed by atoms with van der Waals surface area (Å²) in [6.45, 7) is 2.06. The van der Waals surface area contributed by atoms with E-state index in [1.54, 1.807) is 35.8 Å². The van der Waals surface area contributed by atoms with Gasteiger partial charge in [-0.25, -0.2) is 4.98 Å². The average Bonchev–Trinajstić information content (AvgIpc) is 3.28. The van der Waals surface area contributed by atoms with Crippen LogP contribution in [0.1, 0.15) is 40.7 Å². The first-order chi connectivity index (χ1) is 15.7. The number of hydrogen-bond acceptors (Lipinski definition) is 5. The van der Waals surface area contributed by atoms with Crippen LogP contribution >= 0.6 is 0 Å². The van der Waals surface area contributed by atoms with Crippen LogP contribution in [0.15, 0.2) is 61.2 Å². The zero-order chi connectivity index (χ0) is 21.9. The van der Waals surface area contributed by atoms with Gasteiger partial charge >= 0.3 is 0 Å². The molecule has 2 aliphatic heterocycles. The van der Waals surface area contributed by atoms with Gasteiger partial charge in [0.25, 0.3) is 5.91 Å². The molecule has 8 nitrogen and oxygen atoms in total. The van der Waals surface area contributed by atoms with Gasteiger partial charge in [0.15, 0.2) is 5.69 Å². The summed E-state index contributed by atoms with van der Waals surface area (Å²) in [6, 6.07) is 13.6. The summed E-state index contributed by atoms with van der Waals surface area (Å²) in [6.07, 6.45) is 6.24. The van der Waals surface area contributed by atoms with Crippen LogP contribution in [0, 0.1) is 5.92 Å². The average molecular weight is 431 g/mol. The third-order valence-electron chi connectivity index (χ3n) is 6.20. The maximum atomic E-state index is 13.1. The highest BCUT2D eigenvalue weighted by Crippen LogP contribution is 2.29. The first-order valence-electron chi connectivity index (χ1n) is 10.9. The molecule has 1 fully saturated rings. The number of ether oxygens (including phenoxy) is 1. The van der Waals surface area contributed by atoms with E-state index in [1.807, 2.05) is 34.9 Å². The second-order valence-electron chi connectivity index (χ2n) is 8.19. The summed E-state index contributed by atoms with van der Waals surface area (Å²) < 4.78 is 8.06. The lowest BCUT2D eigenvalue weighted by Gasteiger charge is -2.31. The van der Waals surface area contributed by atoms with Crippen LogP contribution in [0.25, 0.3) is 0 Å². The highest BCUT2D eigenvalue weighted by Gasteiger charge is 2.32. The molecule has 2 aliphatic rings. The van der Waals surface area contributed by atoms with Gasteiger partial charge in [-0.15, -0.1) is 0 Å². The van der Waals surface area contributed by atoms with E-state index >= 15 is 0 Å². The minimum Gasteiger partial charge on any atom is -0.365 e. The van der Waals surface area contributed by atoms with Gasteiger partial charge in [-0.05, 0) is 30.5 Å². The van der Waals surface area contributed by atoms with Crippen LogP contribution < -0.4 is 5.32 Å². The number of rotatable bonds is 4. The Morgan fingerprint density at radius 1 is 1.03 bits per heavy atom. The quantitative estimate of drug-likeness (QED) is 0.686. The summed E-state index contributed by atoms with van der Waals surface area (Å²) in [5, 5.41) is 2.93. The van der Waals surface area contributed by atoms with E-state index in [0.717, 1.165) is 16.9 Å². The van der Waals surface area contributed by atoms with E-state index in [2.05, 4.69) is 15.3 Å². The molecule has 0 unspecified atom stereocenters. The number of amides is 2. The van der Waals surface area contributed by atoms with Crippen LogP contribution in [-0.2, 0) is 22.7 Å². The van der Waals surface area contributed by atoms with E-state index in [-0.39, 0.29) is 23.8 Å². The molecule has 0 bridgehead atoms. The molecule has 1 saturated heterocycles. The third-order valence-corrected chi connectivity index (χ3v) is 6.20. The molecular weight excluding hydrogens is 406 g/mol. The molecule has 0 spiro atoms. The topological polar surface area (TPSA) is 89.4 Å². The van der Waals surface area contributed by atoms with Crippen molar-refractivity contribution in [3.63, 3.8) is 0 Å². The van der Waals surface area contributed by atoms with Crippen molar-refractivity contribution in [3.8, 4) is 0 Å². The van der Waals surface area contributed by atoms with Crippen molar-refractivity contribution in [3.05, 3.63) is 78.1 Å². The number of likely N-dealkylation sites (tertiary alicyclic amines) is 1. The van der Waals surface area contributed by atoms with Gasteiger partial charge in [0.05, 0.1) is 25.2 Å². The molecule has 32 heavy (non-hydrogen) atoms. The van der Waals surface area contributed by atoms with E-state index in [4.69, 9.17) is 4.74 Å². The SMILES string of the molecule is O=C(Nc1ccncc1)C1CCN(C(=O)c2ncn3c2CO[C@H](c2ccccc2)C3)CC1. The van der Waals surface area contributed by atoms with Crippen LogP contribution in [0.2, 0.25) is 0 Å². The predicted octanol–water partition coefficient (Wildman–Crippen LogP) is 3.04. The summed E-state index contributed by atoms with van der Waals surface area (Å²) >= 11 is 0. The summed E-state index contributed by atoms with van der Waals surface area (Å²) in [5.74, 6) is -0.213. The predicted molar refractivity (Wildman–Crippen MR) is 118 cm³/mol. The molecule has 1 aromatic carbocycles. The lowest BCUT2D eigenvalue weighted by molar-refractivity contribution is -0.121. The van der Waals surface area contributed by atoms with Crippen molar-refractivity contribution in [2.24, 2.45) is 5.92 Å². The Balaban J connectivity index is 1.20. The van der Waals surface area contributed by atoms with Gasteiger partial charge in [-0.1, -0.05) is 30.3 Å². The molecule has 164 valence electrons. The van der Waals surface area contributed by atoms with Crippen LogP contribution in [0.4, 0.5) is 5.69 Å². The number of anilines is 1. The molecule has 1 N–H and O–H groups in total. The standard InChI is InChI=1S/C24H25N5O3/c30-23(27-19-6-10-25-11-7-19)18-8-12-28(13-9-18)24(31)22-20-15-32-21(14-29(20)16-26-22)17-4-2-1-3-5-17/h1-7,10-11,16,18,21H,8-9,12-15H2,(H,25,27,30)/t21-/m0/s1. The number of carbonyl (C=O) groups is 2. The largest absolute Gasteiger partial charge is 0.365 e. The molecule has 0 aliphatic carbocycles. The zero-order valence-electron chi connectivity index (χ0n) is 17.7. The number of carbonyl (C=O) groups excluding carboxylic acids is 2. The maximum Gasteiger partial charge on any atom is 0.274 e. The van der Waals surface area contributed by atoms with Crippen molar-refractivity contribution in [2.75, 3.05) is 18.4 Å². The molecule has 5 rings (SSSR count). The number of pyridine rings is 1.